The van der Waals surface area contributed by atoms with Crippen LogP contribution in [0.5, 0.6) is 0 Å². The largest absolute Gasteiger partial charge is 0.238 e. The van der Waals surface area contributed by atoms with E-state index < -0.39 is 0 Å². The molecule has 0 saturated heterocycles. The monoisotopic (exact) mass is 318 g/mol. The summed E-state index contributed by atoms with van der Waals surface area (Å²) in [7, 11) is 0. The fourth-order valence-electron chi connectivity index (χ4n) is 3.78. The van der Waals surface area contributed by atoms with Gasteiger partial charge in [0.25, 0.3) is 0 Å². The van der Waals surface area contributed by atoms with Crippen molar-refractivity contribution < 1.29 is 0 Å². The van der Waals surface area contributed by atoms with Crippen molar-refractivity contribution in [1.82, 2.24) is 19.7 Å². The SMILES string of the molecule is Cc1cc(-n2ncc3ccc(C4(C)CCC4)cc32)nc(C2CC2)n1. The fourth-order valence-corrected chi connectivity index (χ4v) is 3.78. The van der Waals surface area contributed by atoms with Crippen molar-refractivity contribution in [2.45, 2.75) is 57.3 Å². The molecule has 2 heterocycles. The lowest BCUT2D eigenvalue weighted by molar-refractivity contribution is 0.272. The summed E-state index contributed by atoms with van der Waals surface area (Å²) in [5.74, 6) is 2.43. The van der Waals surface area contributed by atoms with Crippen molar-refractivity contribution in [3.05, 3.63) is 47.5 Å². The second kappa shape index (κ2) is 4.88. The molecule has 0 unspecified atom stereocenters. The van der Waals surface area contributed by atoms with Crippen molar-refractivity contribution in [2.24, 2.45) is 0 Å². The van der Waals surface area contributed by atoms with Crippen LogP contribution in [0.1, 0.15) is 62.0 Å². The quantitative estimate of drug-likeness (QED) is 0.717. The lowest BCUT2D eigenvalue weighted by Gasteiger charge is -2.39. The third-order valence-corrected chi connectivity index (χ3v) is 5.74. The zero-order chi connectivity index (χ0) is 16.3. The molecule has 0 spiro atoms. The summed E-state index contributed by atoms with van der Waals surface area (Å²) in [5.41, 5.74) is 3.94. The van der Waals surface area contributed by atoms with E-state index in [0.29, 0.717) is 11.3 Å². The Morgan fingerprint density at radius 1 is 1.12 bits per heavy atom. The maximum atomic E-state index is 4.80. The van der Waals surface area contributed by atoms with E-state index in [1.807, 2.05) is 23.9 Å². The Kier molecular flexibility index (Phi) is 2.88. The highest BCUT2D eigenvalue weighted by molar-refractivity contribution is 5.81. The third kappa shape index (κ3) is 2.16. The lowest BCUT2D eigenvalue weighted by Crippen LogP contribution is -2.30. The summed E-state index contributed by atoms with van der Waals surface area (Å²) in [5, 5.41) is 5.79. The van der Waals surface area contributed by atoms with Gasteiger partial charge in [0.1, 0.15) is 5.82 Å². The Hall–Kier alpha value is -2.23. The predicted molar refractivity (Wildman–Crippen MR) is 94.6 cm³/mol. The first-order chi connectivity index (χ1) is 11.6. The highest BCUT2D eigenvalue weighted by Crippen LogP contribution is 2.44. The van der Waals surface area contributed by atoms with Gasteiger partial charge in [-0.2, -0.15) is 5.10 Å². The Morgan fingerprint density at radius 3 is 2.67 bits per heavy atom. The van der Waals surface area contributed by atoms with Gasteiger partial charge in [-0.1, -0.05) is 25.5 Å². The molecule has 0 amide bonds. The molecule has 3 aromatic rings. The maximum Gasteiger partial charge on any atom is 0.157 e. The topological polar surface area (TPSA) is 43.6 Å². The molecule has 0 aliphatic heterocycles. The van der Waals surface area contributed by atoms with Gasteiger partial charge < -0.3 is 0 Å². The lowest BCUT2D eigenvalue weighted by atomic mass is 9.66. The highest BCUT2D eigenvalue weighted by atomic mass is 15.3. The highest BCUT2D eigenvalue weighted by Gasteiger charge is 2.34. The van der Waals surface area contributed by atoms with Crippen molar-refractivity contribution in [3.63, 3.8) is 0 Å². The molecule has 0 atom stereocenters. The van der Waals surface area contributed by atoms with E-state index in [1.54, 1.807) is 0 Å². The average molecular weight is 318 g/mol. The molecule has 0 radical (unpaired) electrons. The van der Waals surface area contributed by atoms with Gasteiger partial charge in [-0.25, -0.2) is 14.6 Å². The van der Waals surface area contributed by atoms with E-state index in [-0.39, 0.29) is 0 Å². The number of rotatable bonds is 3. The van der Waals surface area contributed by atoms with Crippen LogP contribution in [0.2, 0.25) is 0 Å². The molecule has 0 N–H and O–H groups in total. The van der Waals surface area contributed by atoms with E-state index in [2.05, 4.69) is 35.2 Å². The van der Waals surface area contributed by atoms with E-state index in [1.165, 1.54) is 43.1 Å². The Morgan fingerprint density at radius 2 is 1.96 bits per heavy atom. The van der Waals surface area contributed by atoms with Gasteiger partial charge in [-0.3, -0.25) is 0 Å². The first-order valence-electron chi connectivity index (χ1n) is 8.97. The molecule has 2 aliphatic rings. The smallest absolute Gasteiger partial charge is 0.157 e. The summed E-state index contributed by atoms with van der Waals surface area (Å²) in [6, 6.07) is 8.83. The van der Waals surface area contributed by atoms with E-state index in [9.17, 15) is 0 Å². The second-order valence-electron chi connectivity index (χ2n) is 7.74. The number of nitrogens with zero attached hydrogens (tertiary/aromatic N) is 4. The fraction of sp³-hybridized carbons (Fsp3) is 0.450. The summed E-state index contributed by atoms with van der Waals surface area (Å²) < 4.78 is 1.99. The van der Waals surface area contributed by atoms with E-state index >= 15 is 0 Å². The summed E-state index contributed by atoms with van der Waals surface area (Å²) in [6.07, 6.45) is 8.27. The third-order valence-electron chi connectivity index (χ3n) is 5.74. The van der Waals surface area contributed by atoms with Gasteiger partial charge >= 0.3 is 0 Å². The number of benzene rings is 1. The zero-order valence-corrected chi connectivity index (χ0v) is 14.3. The number of fused-ring (bicyclic) bond motifs is 1. The van der Waals surface area contributed by atoms with Crippen molar-refractivity contribution in [1.29, 1.82) is 0 Å². The molecule has 4 nitrogen and oxygen atoms in total. The molecule has 4 heteroatoms. The number of hydrogen-bond donors (Lipinski definition) is 0. The van der Waals surface area contributed by atoms with Gasteiger partial charge in [0.15, 0.2) is 5.82 Å². The standard InChI is InChI=1S/C20H22N4/c1-13-10-18(23-19(22-13)14-4-5-14)24-17-11-16(20(2)8-3-9-20)7-6-15(17)12-21-24/h6-7,10-12,14H,3-5,8-9H2,1-2H3. The Balaban J connectivity index is 1.65. The second-order valence-corrected chi connectivity index (χ2v) is 7.74. The van der Waals surface area contributed by atoms with Crippen LogP contribution in [-0.4, -0.2) is 19.7 Å². The maximum absolute atomic E-state index is 4.80. The van der Waals surface area contributed by atoms with Gasteiger partial charge in [-0.05, 0) is 49.7 Å². The Bertz CT molecular complexity index is 932. The first kappa shape index (κ1) is 14.1. The van der Waals surface area contributed by atoms with Gasteiger partial charge in [0, 0.05) is 23.1 Å². The zero-order valence-electron chi connectivity index (χ0n) is 14.3. The van der Waals surface area contributed by atoms with Crippen LogP contribution in [0, 0.1) is 6.92 Å². The summed E-state index contributed by atoms with van der Waals surface area (Å²) in [6.45, 7) is 4.42. The number of aromatic nitrogens is 4. The molecule has 24 heavy (non-hydrogen) atoms. The van der Waals surface area contributed by atoms with Crippen molar-refractivity contribution in [2.75, 3.05) is 0 Å². The minimum atomic E-state index is 0.337. The number of hydrogen-bond acceptors (Lipinski definition) is 3. The van der Waals surface area contributed by atoms with Crippen LogP contribution in [0.4, 0.5) is 0 Å². The minimum absolute atomic E-state index is 0.337. The average Bonchev–Trinajstić information content (AvgIpc) is 3.31. The van der Waals surface area contributed by atoms with Crippen molar-refractivity contribution >= 4 is 10.9 Å². The molecule has 2 aliphatic carbocycles. The molecule has 5 rings (SSSR count). The van der Waals surface area contributed by atoms with Gasteiger partial charge in [0.2, 0.25) is 0 Å². The minimum Gasteiger partial charge on any atom is -0.238 e. The molecule has 1 aromatic carbocycles. The first-order valence-corrected chi connectivity index (χ1v) is 8.97. The van der Waals surface area contributed by atoms with Crippen LogP contribution in [0.3, 0.4) is 0 Å². The van der Waals surface area contributed by atoms with Crippen LogP contribution < -0.4 is 0 Å². The van der Waals surface area contributed by atoms with Crippen LogP contribution in [-0.2, 0) is 5.41 Å². The van der Waals surface area contributed by atoms with Crippen LogP contribution in [0.25, 0.3) is 16.7 Å². The van der Waals surface area contributed by atoms with E-state index in [4.69, 9.17) is 4.98 Å². The van der Waals surface area contributed by atoms with Gasteiger partial charge in [-0.15, -0.1) is 0 Å². The number of aryl methyl sites for hydroxylation is 1. The normalized spacial score (nSPS) is 19.4. The summed E-state index contributed by atoms with van der Waals surface area (Å²) >= 11 is 0. The van der Waals surface area contributed by atoms with E-state index in [0.717, 1.165) is 22.9 Å². The molecule has 122 valence electrons. The van der Waals surface area contributed by atoms with Gasteiger partial charge in [0.05, 0.1) is 11.7 Å². The molecule has 2 fully saturated rings. The molecule has 2 saturated carbocycles. The molecule has 0 bridgehead atoms. The molecular formula is C20H22N4. The summed E-state index contributed by atoms with van der Waals surface area (Å²) in [4.78, 5) is 9.42. The van der Waals surface area contributed by atoms with Crippen molar-refractivity contribution in [3.8, 4) is 5.82 Å². The molecule has 2 aromatic heterocycles. The van der Waals surface area contributed by atoms with Crippen LogP contribution >= 0.6 is 0 Å². The van der Waals surface area contributed by atoms with Crippen LogP contribution in [0.15, 0.2) is 30.5 Å². The molecular weight excluding hydrogens is 296 g/mol. The predicted octanol–water partition coefficient (Wildman–Crippen LogP) is 4.44. The Labute approximate surface area is 141 Å².